The second-order valence-electron chi connectivity index (χ2n) is 8.33. The van der Waals surface area contributed by atoms with Gasteiger partial charge in [-0.2, -0.15) is 13.2 Å². The minimum absolute atomic E-state index is 0.268. The Morgan fingerprint density at radius 1 is 1.18 bits per heavy atom. The zero-order chi connectivity index (χ0) is 23.9. The van der Waals surface area contributed by atoms with Gasteiger partial charge in [0.05, 0.1) is 16.0 Å². The summed E-state index contributed by atoms with van der Waals surface area (Å²) in [5, 5.41) is 0.431. The van der Waals surface area contributed by atoms with Crippen LogP contribution in [0.2, 0.25) is 0 Å². The molecule has 0 bridgehead atoms. The maximum Gasteiger partial charge on any atom is 0.416 e. The number of fused-ring (bicyclic) bond motifs is 1. The SMILES string of the molecule is C[C@H]1CCCN1Cc1cc(C(F)(F)F)ccc1-c1cc(Oc2cccc3sc(N)nc23)ncn1. The minimum Gasteiger partial charge on any atom is -0.437 e. The quantitative estimate of drug-likeness (QED) is 0.366. The van der Waals surface area contributed by atoms with E-state index in [1.54, 1.807) is 12.1 Å². The number of nitrogens with two attached hydrogens (primary N) is 1. The molecule has 0 amide bonds. The third kappa shape index (κ3) is 4.55. The van der Waals surface area contributed by atoms with Gasteiger partial charge in [-0.25, -0.2) is 15.0 Å². The van der Waals surface area contributed by atoms with Gasteiger partial charge in [0.25, 0.3) is 0 Å². The molecule has 1 fully saturated rings. The van der Waals surface area contributed by atoms with Crippen molar-refractivity contribution in [2.24, 2.45) is 0 Å². The summed E-state index contributed by atoms with van der Waals surface area (Å²) in [6, 6.07) is 11.2. The lowest BCUT2D eigenvalue weighted by atomic mass is 10.00. The van der Waals surface area contributed by atoms with Gasteiger partial charge in [0.1, 0.15) is 11.8 Å². The average Bonchev–Trinajstić information content (AvgIpc) is 3.38. The van der Waals surface area contributed by atoms with Crippen LogP contribution in [0.25, 0.3) is 21.5 Å². The van der Waals surface area contributed by atoms with Crippen LogP contribution in [-0.4, -0.2) is 32.4 Å². The molecular formula is C24H22F3N5OS. The van der Waals surface area contributed by atoms with E-state index in [2.05, 4.69) is 26.8 Å². The third-order valence-corrected chi connectivity index (χ3v) is 6.88. The van der Waals surface area contributed by atoms with Crippen molar-refractivity contribution in [2.45, 2.75) is 38.5 Å². The van der Waals surface area contributed by atoms with Gasteiger partial charge in [-0.3, -0.25) is 4.90 Å². The molecule has 10 heteroatoms. The number of hydrogen-bond acceptors (Lipinski definition) is 7. The van der Waals surface area contributed by atoms with Gasteiger partial charge in [-0.05, 0) is 56.1 Å². The molecule has 0 radical (unpaired) electrons. The van der Waals surface area contributed by atoms with Crippen LogP contribution in [0, 0.1) is 0 Å². The van der Waals surface area contributed by atoms with Crippen molar-refractivity contribution in [1.29, 1.82) is 0 Å². The van der Waals surface area contributed by atoms with Gasteiger partial charge in [0.15, 0.2) is 10.9 Å². The number of anilines is 1. The van der Waals surface area contributed by atoms with Crippen LogP contribution >= 0.6 is 11.3 Å². The standard InChI is InChI=1S/C24H22F3N5OS/c1-14-4-3-9-32(14)12-15-10-16(24(25,26)27)7-8-17(15)18-11-21(30-13-29-18)33-19-5-2-6-20-22(19)31-23(28)34-20/h2,5-8,10-11,13-14H,3-4,9,12H2,1H3,(H2,28,31)/t14-/m0/s1. The van der Waals surface area contributed by atoms with Crippen molar-refractivity contribution in [3.05, 3.63) is 59.9 Å². The van der Waals surface area contributed by atoms with Crippen LogP contribution in [0.1, 0.15) is 30.9 Å². The number of nitrogen functional groups attached to an aromatic ring is 1. The molecule has 1 saturated heterocycles. The maximum absolute atomic E-state index is 13.5. The Morgan fingerprint density at radius 2 is 2.03 bits per heavy atom. The molecule has 2 aromatic heterocycles. The van der Waals surface area contributed by atoms with Gasteiger partial charge in [0.2, 0.25) is 5.88 Å². The number of rotatable bonds is 5. The number of para-hydroxylation sites is 1. The molecule has 34 heavy (non-hydrogen) atoms. The number of alkyl halides is 3. The summed E-state index contributed by atoms with van der Waals surface area (Å²) in [5.74, 6) is 0.762. The number of ether oxygens (including phenoxy) is 1. The van der Waals surface area contributed by atoms with Crippen molar-refractivity contribution in [3.8, 4) is 22.9 Å². The molecule has 4 aromatic rings. The van der Waals surface area contributed by atoms with Crippen molar-refractivity contribution in [2.75, 3.05) is 12.3 Å². The van der Waals surface area contributed by atoms with Crippen molar-refractivity contribution in [1.82, 2.24) is 19.9 Å². The van der Waals surface area contributed by atoms with Gasteiger partial charge < -0.3 is 10.5 Å². The summed E-state index contributed by atoms with van der Waals surface area (Å²) in [5.41, 5.74) is 7.47. The van der Waals surface area contributed by atoms with Crippen molar-refractivity contribution >= 4 is 26.7 Å². The lowest BCUT2D eigenvalue weighted by Crippen LogP contribution is -2.26. The molecule has 0 unspecified atom stereocenters. The van der Waals surface area contributed by atoms with Gasteiger partial charge in [-0.15, -0.1) is 0 Å². The maximum atomic E-state index is 13.5. The Balaban J connectivity index is 1.51. The monoisotopic (exact) mass is 485 g/mol. The summed E-state index contributed by atoms with van der Waals surface area (Å²) in [6.07, 6.45) is -1.00. The summed E-state index contributed by atoms with van der Waals surface area (Å²) in [4.78, 5) is 15.1. The lowest BCUT2D eigenvalue weighted by molar-refractivity contribution is -0.137. The molecule has 1 atom stereocenters. The Kier molecular flexibility index (Phi) is 5.86. The molecule has 2 N–H and O–H groups in total. The topological polar surface area (TPSA) is 77.2 Å². The highest BCUT2D eigenvalue weighted by Gasteiger charge is 2.32. The van der Waals surface area contributed by atoms with E-state index in [9.17, 15) is 13.2 Å². The third-order valence-electron chi connectivity index (χ3n) is 6.03. The fourth-order valence-electron chi connectivity index (χ4n) is 4.28. The molecule has 1 aliphatic rings. The first kappa shape index (κ1) is 22.5. The molecule has 3 heterocycles. The van der Waals surface area contributed by atoms with E-state index in [0.29, 0.717) is 45.8 Å². The molecule has 2 aromatic carbocycles. The zero-order valence-corrected chi connectivity index (χ0v) is 19.2. The van der Waals surface area contributed by atoms with Crippen LogP contribution in [0.4, 0.5) is 18.3 Å². The number of halogens is 3. The van der Waals surface area contributed by atoms with E-state index in [0.717, 1.165) is 30.2 Å². The van der Waals surface area contributed by atoms with Crippen molar-refractivity contribution in [3.63, 3.8) is 0 Å². The van der Waals surface area contributed by atoms with E-state index >= 15 is 0 Å². The van der Waals surface area contributed by atoms with Crippen LogP contribution in [0.3, 0.4) is 0 Å². The first-order valence-electron chi connectivity index (χ1n) is 10.9. The van der Waals surface area contributed by atoms with E-state index in [1.807, 2.05) is 12.1 Å². The number of thiazole rings is 1. The fourth-order valence-corrected chi connectivity index (χ4v) is 5.03. The molecule has 0 aliphatic carbocycles. The molecule has 1 aliphatic heterocycles. The fraction of sp³-hybridized carbons (Fsp3) is 0.292. The van der Waals surface area contributed by atoms with E-state index in [-0.39, 0.29) is 5.88 Å². The smallest absolute Gasteiger partial charge is 0.416 e. The van der Waals surface area contributed by atoms with E-state index in [1.165, 1.54) is 29.8 Å². The summed E-state index contributed by atoms with van der Waals surface area (Å²) < 4.78 is 47.2. The first-order chi connectivity index (χ1) is 16.3. The second-order valence-corrected chi connectivity index (χ2v) is 9.39. The average molecular weight is 486 g/mol. The molecule has 5 rings (SSSR count). The summed E-state index contributed by atoms with van der Waals surface area (Å²) >= 11 is 1.35. The minimum atomic E-state index is -4.42. The second kappa shape index (κ2) is 8.84. The Hall–Kier alpha value is -3.24. The highest BCUT2D eigenvalue weighted by molar-refractivity contribution is 7.22. The van der Waals surface area contributed by atoms with Crippen molar-refractivity contribution < 1.29 is 17.9 Å². The Morgan fingerprint density at radius 3 is 2.79 bits per heavy atom. The van der Waals surface area contributed by atoms with Crippen LogP contribution in [-0.2, 0) is 12.7 Å². The molecule has 0 spiro atoms. The van der Waals surface area contributed by atoms with Crippen LogP contribution < -0.4 is 10.5 Å². The van der Waals surface area contributed by atoms with E-state index in [4.69, 9.17) is 10.5 Å². The number of aromatic nitrogens is 3. The highest BCUT2D eigenvalue weighted by atomic mass is 32.1. The Labute approximate surface area is 198 Å². The van der Waals surface area contributed by atoms with E-state index < -0.39 is 11.7 Å². The Bertz CT molecular complexity index is 1340. The van der Waals surface area contributed by atoms with Crippen LogP contribution in [0.5, 0.6) is 11.6 Å². The summed E-state index contributed by atoms with van der Waals surface area (Å²) in [7, 11) is 0. The van der Waals surface area contributed by atoms with Gasteiger partial charge in [-0.1, -0.05) is 23.5 Å². The molecule has 0 saturated carbocycles. The van der Waals surface area contributed by atoms with Gasteiger partial charge in [0, 0.05) is 24.2 Å². The molecular weight excluding hydrogens is 463 g/mol. The zero-order valence-electron chi connectivity index (χ0n) is 18.3. The number of benzene rings is 2. The van der Waals surface area contributed by atoms with Gasteiger partial charge >= 0.3 is 6.18 Å². The number of likely N-dealkylation sites (tertiary alicyclic amines) is 1. The first-order valence-corrected chi connectivity index (χ1v) is 11.7. The summed E-state index contributed by atoms with van der Waals surface area (Å²) in [6.45, 7) is 3.37. The lowest BCUT2D eigenvalue weighted by Gasteiger charge is -2.23. The number of nitrogens with zero attached hydrogens (tertiary/aromatic N) is 4. The molecule has 6 nitrogen and oxygen atoms in total. The highest BCUT2D eigenvalue weighted by Crippen LogP contribution is 2.36. The largest absolute Gasteiger partial charge is 0.437 e. The molecule has 176 valence electrons. The predicted molar refractivity (Wildman–Crippen MR) is 126 cm³/mol. The van der Waals surface area contributed by atoms with Crippen LogP contribution in [0.15, 0.2) is 48.8 Å². The predicted octanol–water partition coefficient (Wildman–Crippen LogP) is 6.13. The normalized spacial score (nSPS) is 16.9. The number of hydrogen-bond donors (Lipinski definition) is 1.